The van der Waals surface area contributed by atoms with Gasteiger partial charge in [0.05, 0.1) is 12.3 Å². The van der Waals surface area contributed by atoms with E-state index in [9.17, 15) is 0 Å². The molecule has 0 saturated carbocycles. The van der Waals surface area contributed by atoms with Crippen LogP contribution in [-0.2, 0) is 6.54 Å². The van der Waals surface area contributed by atoms with E-state index in [4.69, 9.17) is 16.0 Å². The average Bonchev–Trinajstić information content (AvgIpc) is 3.37. The maximum atomic E-state index is 6.57. The number of hydrogen-bond donors (Lipinski definition) is 0. The first-order chi connectivity index (χ1) is 13.3. The van der Waals surface area contributed by atoms with Gasteiger partial charge >= 0.3 is 0 Å². The van der Waals surface area contributed by atoms with Gasteiger partial charge in [0, 0.05) is 31.2 Å². The Morgan fingerprint density at radius 1 is 1.11 bits per heavy atom. The van der Waals surface area contributed by atoms with E-state index in [0.29, 0.717) is 6.54 Å². The van der Waals surface area contributed by atoms with Crippen LogP contribution in [0.25, 0.3) is 0 Å². The number of aromatic nitrogens is 4. The van der Waals surface area contributed by atoms with Crippen molar-refractivity contribution in [3.8, 4) is 0 Å². The van der Waals surface area contributed by atoms with Gasteiger partial charge in [-0.3, -0.25) is 4.90 Å². The topological polar surface area (TPSA) is 63.2 Å². The van der Waals surface area contributed by atoms with Gasteiger partial charge in [0.1, 0.15) is 12.3 Å². The number of rotatable bonds is 6. The Bertz CT molecular complexity index is 857. The first-order valence-corrected chi connectivity index (χ1v) is 9.63. The second-order valence-electron chi connectivity index (χ2n) is 6.67. The molecule has 2 aromatic heterocycles. The molecule has 0 unspecified atom stereocenters. The summed E-state index contributed by atoms with van der Waals surface area (Å²) in [5.41, 5.74) is 1.03. The van der Waals surface area contributed by atoms with Crippen molar-refractivity contribution in [3.05, 3.63) is 64.8 Å². The fourth-order valence-corrected chi connectivity index (χ4v) is 3.84. The molecule has 1 aliphatic rings. The molecular formula is C19H23ClN6O. The molecule has 4 rings (SSSR count). The number of halogens is 1. The third-order valence-corrected chi connectivity index (χ3v) is 5.45. The fourth-order valence-electron chi connectivity index (χ4n) is 3.60. The van der Waals surface area contributed by atoms with Crippen LogP contribution in [0.2, 0.25) is 5.02 Å². The van der Waals surface area contributed by atoms with E-state index in [1.807, 2.05) is 30.3 Å². The van der Waals surface area contributed by atoms with Gasteiger partial charge in [-0.2, -0.15) is 0 Å². The zero-order chi connectivity index (χ0) is 18.6. The van der Waals surface area contributed by atoms with E-state index in [0.717, 1.165) is 54.9 Å². The summed E-state index contributed by atoms with van der Waals surface area (Å²) in [6, 6.07) is 11.6. The Kier molecular flexibility index (Phi) is 5.52. The van der Waals surface area contributed by atoms with Crippen molar-refractivity contribution in [1.29, 1.82) is 0 Å². The summed E-state index contributed by atoms with van der Waals surface area (Å²) in [5.74, 6) is 1.60. The zero-order valence-electron chi connectivity index (χ0n) is 15.3. The molecule has 1 aromatic carbocycles. The Labute approximate surface area is 163 Å². The van der Waals surface area contributed by atoms with Crippen molar-refractivity contribution in [2.24, 2.45) is 0 Å². The minimum atomic E-state index is -0.0948. The van der Waals surface area contributed by atoms with Gasteiger partial charge in [0.2, 0.25) is 0 Å². The summed E-state index contributed by atoms with van der Waals surface area (Å²) in [6.07, 6.45) is 1.66. The summed E-state index contributed by atoms with van der Waals surface area (Å²) in [5, 5.41) is 13.3. The summed E-state index contributed by atoms with van der Waals surface area (Å²) in [4.78, 5) is 4.86. The lowest BCUT2D eigenvalue weighted by molar-refractivity contribution is 0.108. The van der Waals surface area contributed by atoms with Crippen molar-refractivity contribution in [1.82, 2.24) is 30.0 Å². The third-order valence-electron chi connectivity index (χ3n) is 5.11. The molecule has 1 aliphatic heterocycles. The predicted octanol–water partition coefficient (Wildman–Crippen LogP) is 2.69. The van der Waals surface area contributed by atoms with Gasteiger partial charge < -0.3 is 9.32 Å². The van der Waals surface area contributed by atoms with Gasteiger partial charge in [0.15, 0.2) is 5.82 Å². The molecule has 7 nitrogen and oxygen atoms in total. The molecule has 0 amide bonds. The Morgan fingerprint density at radius 3 is 2.63 bits per heavy atom. The second kappa shape index (κ2) is 8.21. The molecule has 142 valence electrons. The van der Waals surface area contributed by atoms with Crippen molar-refractivity contribution in [3.63, 3.8) is 0 Å². The molecule has 1 atom stereocenters. The highest BCUT2D eigenvalue weighted by molar-refractivity contribution is 6.31. The van der Waals surface area contributed by atoms with E-state index >= 15 is 0 Å². The number of likely N-dealkylation sites (N-methyl/N-ethyl adjacent to an activating group) is 1. The molecule has 1 fully saturated rings. The summed E-state index contributed by atoms with van der Waals surface area (Å²) in [7, 11) is 0. The molecule has 3 heterocycles. The molecule has 0 spiro atoms. The van der Waals surface area contributed by atoms with Gasteiger partial charge in [0.25, 0.3) is 0 Å². The smallest absolute Gasteiger partial charge is 0.173 e. The maximum absolute atomic E-state index is 6.57. The lowest BCUT2D eigenvalue weighted by Gasteiger charge is -2.38. The lowest BCUT2D eigenvalue weighted by Crippen LogP contribution is -2.48. The number of furan rings is 1. The predicted molar refractivity (Wildman–Crippen MR) is 103 cm³/mol. The minimum absolute atomic E-state index is 0.0948. The highest BCUT2D eigenvalue weighted by Gasteiger charge is 2.31. The lowest BCUT2D eigenvalue weighted by atomic mass is 10.0. The van der Waals surface area contributed by atoms with Gasteiger partial charge in [-0.25, -0.2) is 4.68 Å². The van der Waals surface area contributed by atoms with E-state index in [2.05, 4.69) is 38.3 Å². The normalized spacial score (nSPS) is 17.3. The van der Waals surface area contributed by atoms with Crippen LogP contribution in [0.1, 0.15) is 30.1 Å². The Hall–Kier alpha value is -2.22. The van der Waals surface area contributed by atoms with Crippen molar-refractivity contribution in [2.75, 3.05) is 32.7 Å². The van der Waals surface area contributed by atoms with Gasteiger partial charge in [-0.1, -0.05) is 36.7 Å². The largest absolute Gasteiger partial charge is 0.467 e. The van der Waals surface area contributed by atoms with E-state index < -0.39 is 0 Å². The number of benzene rings is 1. The van der Waals surface area contributed by atoms with Crippen LogP contribution in [0.15, 0.2) is 47.1 Å². The maximum Gasteiger partial charge on any atom is 0.173 e. The van der Waals surface area contributed by atoms with Crippen LogP contribution in [0.3, 0.4) is 0 Å². The van der Waals surface area contributed by atoms with Crippen molar-refractivity contribution >= 4 is 11.6 Å². The van der Waals surface area contributed by atoms with Crippen LogP contribution in [0.4, 0.5) is 0 Å². The Balaban J connectivity index is 1.69. The SMILES string of the molecule is CCN1CCN([C@@H](c2ccccc2Cl)c2nnnn2Cc2ccco2)CC1. The molecule has 27 heavy (non-hydrogen) atoms. The van der Waals surface area contributed by atoms with E-state index in [-0.39, 0.29) is 6.04 Å². The van der Waals surface area contributed by atoms with Crippen LogP contribution in [0.5, 0.6) is 0 Å². The van der Waals surface area contributed by atoms with Crippen molar-refractivity contribution in [2.45, 2.75) is 19.5 Å². The van der Waals surface area contributed by atoms with Crippen LogP contribution < -0.4 is 0 Å². The number of hydrogen-bond acceptors (Lipinski definition) is 6. The first-order valence-electron chi connectivity index (χ1n) is 9.25. The number of nitrogens with zero attached hydrogens (tertiary/aromatic N) is 6. The highest BCUT2D eigenvalue weighted by Crippen LogP contribution is 2.32. The quantitative estimate of drug-likeness (QED) is 0.649. The first kappa shape index (κ1) is 18.2. The summed E-state index contributed by atoms with van der Waals surface area (Å²) in [6.45, 7) is 7.69. The van der Waals surface area contributed by atoms with Gasteiger partial charge in [-0.15, -0.1) is 5.10 Å². The zero-order valence-corrected chi connectivity index (χ0v) is 16.1. The Morgan fingerprint density at radius 2 is 1.93 bits per heavy atom. The standard InChI is InChI=1S/C19H23ClN6O/c1-2-24-9-11-25(12-10-24)18(16-7-3-4-8-17(16)20)19-21-22-23-26(19)14-15-6-5-13-27-15/h3-8,13,18H,2,9-12,14H2,1H3/t18-/m0/s1. The number of tetrazole rings is 1. The molecule has 0 aliphatic carbocycles. The van der Waals surface area contributed by atoms with Crippen LogP contribution >= 0.6 is 11.6 Å². The monoisotopic (exact) mass is 386 g/mol. The summed E-state index contributed by atoms with van der Waals surface area (Å²) >= 11 is 6.57. The molecule has 0 radical (unpaired) electrons. The van der Waals surface area contributed by atoms with Crippen LogP contribution in [-0.4, -0.2) is 62.7 Å². The molecule has 1 saturated heterocycles. The van der Waals surface area contributed by atoms with E-state index in [1.54, 1.807) is 10.9 Å². The second-order valence-corrected chi connectivity index (χ2v) is 7.08. The fraction of sp³-hybridized carbons (Fsp3) is 0.421. The van der Waals surface area contributed by atoms with Crippen LogP contribution in [0, 0.1) is 0 Å². The van der Waals surface area contributed by atoms with Crippen molar-refractivity contribution < 1.29 is 4.42 Å². The van der Waals surface area contributed by atoms with Gasteiger partial charge in [-0.05, 0) is 40.7 Å². The molecular weight excluding hydrogens is 364 g/mol. The molecule has 8 heteroatoms. The average molecular weight is 387 g/mol. The number of piperazine rings is 1. The molecule has 0 N–H and O–H groups in total. The molecule has 0 bridgehead atoms. The summed E-state index contributed by atoms with van der Waals surface area (Å²) < 4.78 is 7.29. The third kappa shape index (κ3) is 3.90. The van der Waals surface area contributed by atoms with E-state index in [1.165, 1.54) is 0 Å². The highest BCUT2D eigenvalue weighted by atomic mass is 35.5. The molecule has 3 aromatic rings. The minimum Gasteiger partial charge on any atom is -0.467 e.